The molecule has 0 fully saturated rings. The average Bonchev–Trinajstić information content (AvgIpc) is 2.78. The number of carbonyl (C=O) groups is 3. The highest BCUT2D eigenvalue weighted by Crippen LogP contribution is 2.24. The molecule has 0 saturated heterocycles. The summed E-state index contributed by atoms with van der Waals surface area (Å²) in [6, 6.07) is 14.5. The minimum absolute atomic E-state index is 0.0244. The van der Waals surface area contributed by atoms with E-state index in [9.17, 15) is 14.4 Å². The van der Waals surface area contributed by atoms with Gasteiger partial charge in [0.15, 0.2) is 0 Å². The van der Waals surface area contributed by atoms with E-state index >= 15 is 0 Å². The number of anilines is 1. The van der Waals surface area contributed by atoms with Crippen LogP contribution in [0.1, 0.15) is 43.6 Å². The summed E-state index contributed by atoms with van der Waals surface area (Å²) in [5.41, 5.74) is 1.70. The Balaban J connectivity index is 1.97. The van der Waals surface area contributed by atoms with E-state index in [0.717, 1.165) is 10.6 Å². The predicted molar refractivity (Wildman–Crippen MR) is 119 cm³/mol. The molecule has 0 aliphatic carbocycles. The van der Waals surface area contributed by atoms with Gasteiger partial charge in [-0.25, -0.2) is 0 Å². The first kappa shape index (κ1) is 21.9. The molecular formula is C23H19ClN4O3. The summed E-state index contributed by atoms with van der Waals surface area (Å²) in [7, 11) is 0. The SMILES string of the molecule is CC=NN(C(=O)c1cccc(C)c1)C(=O)c1cc(Cl)ccc1NC(=O)c1cccnc1. The third-order valence-electron chi connectivity index (χ3n) is 4.26. The van der Waals surface area contributed by atoms with Crippen LogP contribution < -0.4 is 5.32 Å². The zero-order chi connectivity index (χ0) is 22.4. The quantitative estimate of drug-likeness (QED) is 0.361. The first-order valence-electron chi connectivity index (χ1n) is 9.35. The zero-order valence-electron chi connectivity index (χ0n) is 16.9. The lowest BCUT2D eigenvalue weighted by Crippen LogP contribution is -2.33. The maximum Gasteiger partial charge on any atom is 0.283 e. The number of rotatable bonds is 5. The van der Waals surface area contributed by atoms with Gasteiger partial charge in [-0.05, 0) is 56.3 Å². The largest absolute Gasteiger partial charge is 0.321 e. The molecule has 0 spiro atoms. The predicted octanol–water partition coefficient (Wildman–Crippen LogP) is 4.58. The number of hydrazone groups is 1. The molecular weight excluding hydrogens is 416 g/mol. The molecule has 156 valence electrons. The highest BCUT2D eigenvalue weighted by atomic mass is 35.5. The molecule has 0 aliphatic rings. The van der Waals surface area contributed by atoms with Crippen LogP contribution in [0, 0.1) is 6.92 Å². The van der Waals surface area contributed by atoms with Crippen molar-refractivity contribution in [2.24, 2.45) is 5.10 Å². The molecule has 0 aliphatic heterocycles. The van der Waals surface area contributed by atoms with Crippen LogP contribution in [-0.2, 0) is 0 Å². The van der Waals surface area contributed by atoms with Gasteiger partial charge >= 0.3 is 0 Å². The molecule has 3 amide bonds. The van der Waals surface area contributed by atoms with Crippen molar-refractivity contribution < 1.29 is 14.4 Å². The second-order valence-electron chi connectivity index (χ2n) is 6.55. The van der Waals surface area contributed by atoms with E-state index in [0.29, 0.717) is 11.1 Å². The molecule has 31 heavy (non-hydrogen) atoms. The van der Waals surface area contributed by atoms with Crippen LogP contribution >= 0.6 is 11.6 Å². The maximum absolute atomic E-state index is 13.3. The van der Waals surface area contributed by atoms with E-state index in [1.807, 2.05) is 13.0 Å². The minimum Gasteiger partial charge on any atom is -0.321 e. The number of aromatic nitrogens is 1. The standard InChI is InChI=1S/C23H19ClN4O3/c1-3-26-28(22(30)16-7-4-6-15(2)12-16)23(31)19-13-18(24)9-10-20(19)27-21(29)17-8-5-11-25-14-17/h3-14H,1-2H3,(H,27,29). The Morgan fingerprint density at radius 1 is 1.03 bits per heavy atom. The lowest BCUT2D eigenvalue weighted by atomic mass is 10.1. The summed E-state index contributed by atoms with van der Waals surface area (Å²) >= 11 is 6.10. The molecule has 0 unspecified atom stereocenters. The molecule has 0 atom stereocenters. The molecule has 1 N–H and O–H groups in total. The summed E-state index contributed by atoms with van der Waals surface area (Å²) in [6.45, 7) is 3.43. The van der Waals surface area contributed by atoms with Gasteiger partial charge in [0.2, 0.25) is 0 Å². The number of halogens is 1. The van der Waals surface area contributed by atoms with Gasteiger partial charge in [-0.1, -0.05) is 29.3 Å². The molecule has 1 aromatic heterocycles. The molecule has 7 nitrogen and oxygen atoms in total. The minimum atomic E-state index is -0.728. The number of nitrogens with one attached hydrogen (secondary N) is 1. The van der Waals surface area contributed by atoms with Crippen LogP contribution in [0.3, 0.4) is 0 Å². The average molecular weight is 435 g/mol. The van der Waals surface area contributed by atoms with Crippen LogP contribution in [-0.4, -0.2) is 33.9 Å². The Labute approximate surface area is 184 Å². The fourth-order valence-electron chi connectivity index (χ4n) is 2.82. The van der Waals surface area contributed by atoms with Crippen molar-refractivity contribution in [1.82, 2.24) is 9.99 Å². The first-order valence-corrected chi connectivity index (χ1v) is 9.73. The lowest BCUT2D eigenvalue weighted by Gasteiger charge is -2.18. The maximum atomic E-state index is 13.3. The van der Waals surface area contributed by atoms with E-state index in [1.165, 1.54) is 30.6 Å². The van der Waals surface area contributed by atoms with Crippen molar-refractivity contribution in [3.05, 3.63) is 94.3 Å². The molecule has 3 rings (SSSR count). The van der Waals surface area contributed by atoms with Gasteiger partial charge in [-0.3, -0.25) is 19.4 Å². The Kier molecular flexibility index (Phi) is 6.89. The highest BCUT2D eigenvalue weighted by molar-refractivity contribution is 6.31. The van der Waals surface area contributed by atoms with Crippen molar-refractivity contribution >= 4 is 41.2 Å². The van der Waals surface area contributed by atoms with Crippen LogP contribution in [0.4, 0.5) is 5.69 Å². The summed E-state index contributed by atoms with van der Waals surface area (Å²) in [5.74, 6) is -1.79. The molecule has 0 saturated carbocycles. The Morgan fingerprint density at radius 2 is 1.81 bits per heavy atom. The van der Waals surface area contributed by atoms with Crippen LogP contribution in [0.5, 0.6) is 0 Å². The van der Waals surface area contributed by atoms with Crippen molar-refractivity contribution in [1.29, 1.82) is 0 Å². The number of aryl methyl sites for hydroxylation is 1. The summed E-state index contributed by atoms with van der Waals surface area (Å²) in [6.07, 6.45) is 4.29. The third-order valence-corrected chi connectivity index (χ3v) is 4.50. The van der Waals surface area contributed by atoms with Gasteiger partial charge in [0.05, 0.1) is 16.8 Å². The van der Waals surface area contributed by atoms with E-state index in [1.54, 1.807) is 43.5 Å². The first-order chi connectivity index (χ1) is 14.9. The van der Waals surface area contributed by atoms with E-state index < -0.39 is 17.7 Å². The summed E-state index contributed by atoms with van der Waals surface area (Å²) in [5, 5.41) is 7.65. The number of carbonyl (C=O) groups excluding carboxylic acids is 3. The molecule has 8 heteroatoms. The van der Waals surface area contributed by atoms with Gasteiger partial charge in [0.1, 0.15) is 0 Å². The second-order valence-corrected chi connectivity index (χ2v) is 6.99. The molecule has 0 radical (unpaired) electrons. The van der Waals surface area contributed by atoms with Crippen molar-refractivity contribution in [3.63, 3.8) is 0 Å². The summed E-state index contributed by atoms with van der Waals surface area (Å²) in [4.78, 5) is 42.8. The number of pyridine rings is 1. The Morgan fingerprint density at radius 3 is 2.48 bits per heavy atom. The fourth-order valence-corrected chi connectivity index (χ4v) is 2.99. The molecule has 3 aromatic rings. The number of hydrogen-bond donors (Lipinski definition) is 1. The van der Waals surface area contributed by atoms with Crippen LogP contribution in [0.2, 0.25) is 5.02 Å². The normalized spacial score (nSPS) is 10.7. The fraction of sp³-hybridized carbons (Fsp3) is 0.0870. The third kappa shape index (κ3) is 5.21. The monoisotopic (exact) mass is 434 g/mol. The number of benzene rings is 2. The van der Waals surface area contributed by atoms with Gasteiger partial charge in [-0.2, -0.15) is 10.1 Å². The molecule has 0 bridgehead atoms. The number of amides is 3. The van der Waals surface area contributed by atoms with E-state index in [-0.39, 0.29) is 16.3 Å². The van der Waals surface area contributed by atoms with E-state index in [2.05, 4.69) is 15.4 Å². The van der Waals surface area contributed by atoms with Crippen LogP contribution in [0.15, 0.2) is 72.1 Å². The molecule has 1 heterocycles. The lowest BCUT2D eigenvalue weighted by molar-refractivity contribution is 0.0622. The van der Waals surface area contributed by atoms with Gasteiger partial charge in [0.25, 0.3) is 17.7 Å². The van der Waals surface area contributed by atoms with Crippen LogP contribution in [0.25, 0.3) is 0 Å². The Bertz CT molecular complexity index is 1160. The number of hydrogen-bond acceptors (Lipinski definition) is 5. The van der Waals surface area contributed by atoms with Crippen molar-refractivity contribution in [3.8, 4) is 0 Å². The van der Waals surface area contributed by atoms with Crippen molar-refractivity contribution in [2.75, 3.05) is 5.32 Å². The smallest absolute Gasteiger partial charge is 0.283 e. The van der Waals surface area contributed by atoms with E-state index in [4.69, 9.17) is 11.6 Å². The Hall–Kier alpha value is -3.84. The highest BCUT2D eigenvalue weighted by Gasteiger charge is 2.27. The summed E-state index contributed by atoms with van der Waals surface area (Å²) < 4.78 is 0. The zero-order valence-corrected chi connectivity index (χ0v) is 17.6. The van der Waals surface area contributed by atoms with Crippen molar-refractivity contribution in [2.45, 2.75) is 13.8 Å². The van der Waals surface area contributed by atoms with Gasteiger partial charge < -0.3 is 5.32 Å². The number of nitrogens with zero attached hydrogens (tertiary/aromatic N) is 3. The van der Waals surface area contributed by atoms with Gasteiger partial charge in [0, 0.05) is 29.2 Å². The topological polar surface area (TPSA) is 91.7 Å². The molecule has 2 aromatic carbocycles. The second kappa shape index (κ2) is 9.77. The van der Waals surface area contributed by atoms with Gasteiger partial charge in [-0.15, -0.1) is 0 Å². The number of imide groups is 1.